The molecule has 2 unspecified atom stereocenters. The quantitative estimate of drug-likeness (QED) is 0.867. The summed E-state index contributed by atoms with van der Waals surface area (Å²) in [5, 5.41) is 6.13. The summed E-state index contributed by atoms with van der Waals surface area (Å²) >= 11 is 0. The molecule has 2 amide bonds. The molecule has 0 bridgehead atoms. The maximum Gasteiger partial charge on any atom is 0.253 e. The highest BCUT2D eigenvalue weighted by molar-refractivity contribution is 5.96. The Morgan fingerprint density at radius 3 is 2.64 bits per heavy atom. The maximum absolute atomic E-state index is 12.7. The van der Waals surface area contributed by atoms with Crippen molar-refractivity contribution in [1.29, 1.82) is 0 Å². The smallest absolute Gasteiger partial charge is 0.253 e. The van der Waals surface area contributed by atoms with Gasteiger partial charge in [0.2, 0.25) is 5.91 Å². The molecule has 25 heavy (non-hydrogen) atoms. The van der Waals surface area contributed by atoms with Crippen LogP contribution in [0.1, 0.15) is 29.6 Å². The van der Waals surface area contributed by atoms with E-state index in [1.54, 1.807) is 12.1 Å². The van der Waals surface area contributed by atoms with Gasteiger partial charge in [-0.15, -0.1) is 0 Å². The molecule has 0 spiro atoms. The number of piperidine rings is 1. The highest BCUT2D eigenvalue weighted by Crippen LogP contribution is 2.18. The highest BCUT2D eigenvalue weighted by Gasteiger charge is 2.25. The van der Waals surface area contributed by atoms with Gasteiger partial charge in [0, 0.05) is 37.4 Å². The number of hydrogen-bond acceptors (Lipinski definition) is 4. The van der Waals surface area contributed by atoms with E-state index >= 15 is 0 Å². The van der Waals surface area contributed by atoms with Crippen LogP contribution in [-0.4, -0.2) is 67.9 Å². The minimum Gasteiger partial charge on any atom is -0.337 e. The normalized spacial score (nSPS) is 24.1. The second-order valence-corrected chi connectivity index (χ2v) is 7.23. The maximum atomic E-state index is 12.7. The van der Waals surface area contributed by atoms with Crippen LogP contribution in [0.3, 0.4) is 0 Å². The molecule has 1 aromatic carbocycles. The molecule has 0 saturated carbocycles. The summed E-state index contributed by atoms with van der Waals surface area (Å²) in [6.45, 7) is 3.66. The van der Waals surface area contributed by atoms with Crippen molar-refractivity contribution in [1.82, 2.24) is 15.1 Å². The van der Waals surface area contributed by atoms with E-state index in [1.807, 2.05) is 24.1 Å². The third-order valence-electron chi connectivity index (χ3n) is 5.30. The van der Waals surface area contributed by atoms with Crippen LogP contribution in [0.15, 0.2) is 24.3 Å². The van der Waals surface area contributed by atoms with Gasteiger partial charge in [-0.3, -0.25) is 9.59 Å². The molecular formula is C19H28N4O2. The van der Waals surface area contributed by atoms with Crippen molar-refractivity contribution in [3.8, 4) is 0 Å². The second-order valence-electron chi connectivity index (χ2n) is 7.23. The third kappa shape index (κ3) is 4.38. The minimum absolute atomic E-state index is 0.0377. The molecule has 2 saturated heterocycles. The molecule has 0 aliphatic carbocycles. The Labute approximate surface area is 149 Å². The van der Waals surface area contributed by atoms with Crippen LogP contribution < -0.4 is 10.6 Å². The molecule has 136 valence electrons. The predicted octanol–water partition coefficient (Wildman–Crippen LogP) is 1.40. The Hall–Kier alpha value is -1.92. The van der Waals surface area contributed by atoms with Crippen molar-refractivity contribution >= 4 is 17.5 Å². The van der Waals surface area contributed by atoms with Crippen LogP contribution in [0.4, 0.5) is 5.69 Å². The summed E-state index contributed by atoms with van der Waals surface area (Å²) in [5.41, 5.74) is 1.41. The van der Waals surface area contributed by atoms with E-state index in [2.05, 4.69) is 22.6 Å². The Bertz CT molecular complexity index is 610. The van der Waals surface area contributed by atoms with E-state index in [0.717, 1.165) is 51.1 Å². The van der Waals surface area contributed by atoms with Gasteiger partial charge < -0.3 is 20.4 Å². The number of hydrogen-bond donors (Lipinski definition) is 2. The Kier molecular flexibility index (Phi) is 5.71. The molecule has 0 aromatic heterocycles. The first-order valence-electron chi connectivity index (χ1n) is 9.12. The van der Waals surface area contributed by atoms with E-state index in [-0.39, 0.29) is 23.8 Å². The van der Waals surface area contributed by atoms with Crippen LogP contribution in [0, 0.1) is 5.92 Å². The molecule has 3 rings (SSSR count). The zero-order valence-electron chi connectivity index (χ0n) is 15.1. The zero-order chi connectivity index (χ0) is 17.8. The highest BCUT2D eigenvalue weighted by atomic mass is 16.2. The van der Waals surface area contributed by atoms with Gasteiger partial charge in [0.15, 0.2) is 0 Å². The van der Waals surface area contributed by atoms with Gasteiger partial charge in [-0.1, -0.05) is 0 Å². The van der Waals surface area contributed by atoms with Crippen LogP contribution in [0.5, 0.6) is 0 Å². The van der Waals surface area contributed by atoms with Crippen molar-refractivity contribution in [2.24, 2.45) is 5.92 Å². The first-order chi connectivity index (χ1) is 12.0. The summed E-state index contributed by atoms with van der Waals surface area (Å²) in [6, 6.07) is 7.49. The lowest BCUT2D eigenvalue weighted by Gasteiger charge is -2.35. The minimum atomic E-state index is 0.0377. The standard InChI is InChI=1S/C19H28N4O2/c1-22-11-3-4-17(13-22)23(2)19(25)14-5-7-16(8-6-14)21-18(24)15-9-10-20-12-15/h5-8,15,17,20H,3-4,9-13H2,1-2H3,(H,21,24). The third-order valence-corrected chi connectivity index (χ3v) is 5.30. The van der Waals surface area contributed by atoms with Gasteiger partial charge in [-0.05, 0) is 63.7 Å². The summed E-state index contributed by atoms with van der Waals surface area (Å²) in [7, 11) is 3.98. The summed E-state index contributed by atoms with van der Waals surface area (Å²) in [4.78, 5) is 29.0. The van der Waals surface area contributed by atoms with Crippen molar-refractivity contribution in [3.63, 3.8) is 0 Å². The van der Waals surface area contributed by atoms with Crippen LogP contribution in [0.2, 0.25) is 0 Å². The Morgan fingerprint density at radius 2 is 2.00 bits per heavy atom. The Balaban J connectivity index is 1.59. The SMILES string of the molecule is CN1CCCC(N(C)C(=O)c2ccc(NC(=O)C3CCNC3)cc2)C1. The number of amides is 2. The lowest BCUT2D eigenvalue weighted by molar-refractivity contribution is -0.119. The number of likely N-dealkylation sites (tertiary alicyclic amines) is 1. The largest absolute Gasteiger partial charge is 0.337 e. The van der Waals surface area contributed by atoms with E-state index in [1.165, 1.54) is 0 Å². The van der Waals surface area contributed by atoms with Gasteiger partial charge >= 0.3 is 0 Å². The van der Waals surface area contributed by atoms with Crippen molar-refractivity contribution < 1.29 is 9.59 Å². The van der Waals surface area contributed by atoms with Gasteiger partial charge in [-0.25, -0.2) is 0 Å². The molecule has 0 radical (unpaired) electrons. The fourth-order valence-corrected chi connectivity index (χ4v) is 3.64. The topological polar surface area (TPSA) is 64.7 Å². The molecule has 1 aromatic rings. The monoisotopic (exact) mass is 344 g/mol. The van der Waals surface area contributed by atoms with Gasteiger partial charge in [-0.2, -0.15) is 0 Å². The van der Waals surface area contributed by atoms with E-state index < -0.39 is 0 Å². The number of likely N-dealkylation sites (N-methyl/N-ethyl adjacent to an activating group) is 2. The summed E-state index contributed by atoms with van der Waals surface area (Å²) in [6.07, 6.45) is 3.05. The number of anilines is 1. The number of carbonyl (C=O) groups is 2. The number of nitrogens with zero attached hydrogens (tertiary/aromatic N) is 2. The average molecular weight is 344 g/mol. The summed E-state index contributed by atoms with van der Waals surface area (Å²) in [5.74, 6) is 0.125. The molecule has 6 heteroatoms. The molecule has 2 atom stereocenters. The molecule has 2 fully saturated rings. The molecule has 2 heterocycles. The number of nitrogens with one attached hydrogen (secondary N) is 2. The van der Waals surface area contributed by atoms with Crippen molar-refractivity contribution in [3.05, 3.63) is 29.8 Å². The van der Waals surface area contributed by atoms with E-state index in [0.29, 0.717) is 5.56 Å². The fourth-order valence-electron chi connectivity index (χ4n) is 3.64. The molecule has 2 aliphatic heterocycles. The van der Waals surface area contributed by atoms with Crippen LogP contribution in [-0.2, 0) is 4.79 Å². The first kappa shape index (κ1) is 17.9. The van der Waals surface area contributed by atoms with Crippen LogP contribution >= 0.6 is 0 Å². The molecular weight excluding hydrogens is 316 g/mol. The lowest BCUT2D eigenvalue weighted by Crippen LogP contribution is -2.47. The molecule has 6 nitrogen and oxygen atoms in total. The number of rotatable bonds is 4. The first-order valence-corrected chi connectivity index (χ1v) is 9.12. The van der Waals surface area contributed by atoms with Crippen molar-refractivity contribution in [2.75, 3.05) is 45.6 Å². The summed E-state index contributed by atoms with van der Waals surface area (Å²) < 4.78 is 0. The van der Waals surface area contributed by atoms with Crippen LogP contribution in [0.25, 0.3) is 0 Å². The van der Waals surface area contributed by atoms with Crippen molar-refractivity contribution in [2.45, 2.75) is 25.3 Å². The lowest BCUT2D eigenvalue weighted by atomic mass is 10.0. The zero-order valence-corrected chi connectivity index (χ0v) is 15.1. The van der Waals surface area contributed by atoms with Gasteiger partial charge in [0.25, 0.3) is 5.91 Å². The Morgan fingerprint density at radius 1 is 1.24 bits per heavy atom. The second kappa shape index (κ2) is 7.97. The number of carbonyl (C=O) groups excluding carboxylic acids is 2. The predicted molar refractivity (Wildman–Crippen MR) is 98.7 cm³/mol. The van der Waals surface area contributed by atoms with Gasteiger partial charge in [0.05, 0.1) is 5.92 Å². The van der Waals surface area contributed by atoms with E-state index in [9.17, 15) is 9.59 Å². The fraction of sp³-hybridized carbons (Fsp3) is 0.579. The average Bonchev–Trinajstić information content (AvgIpc) is 3.16. The van der Waals surface area contributed by atoms with E-state index in [4.69, 9.17) is 0 Å². The number of benzene rings is 1. The molecule has 2 N–H and O–H groups in total. The van der Waals surface area contributed by atoms with Gasteiger partial charge in [0.1, 0.15) is 0 Å². The molecule has 2 aliphatic rings.